The van der Waals surface area contributed by atoms with Crippen LogP contribution in [0.25, 0.3) is 87.6 Å². The van der Waals surface area contributed by atoms with Gasteiger partial charge in [0.15, 0.2) is 0 Å². The third kappa shape index (κ3) is 3.65. The van der Waals surface area contributed by atoms with Crippen LogP contribution in [0.4, 0.5) is 0 Å². The number of para-hydroxylation sites is 2. The van der Waals surface area contributed by atoms with Gasteiger partial charge in [0.05, 0.1) is 11.0 Å². The van der Waals surface area contributed by atoms with E-state index in [1.165, 1.54) is 0 Å². The normalized spacial score (nSPS) is 14.3. The molecule has 0 aliphatic carbocycles. The van der Waals surface area contributed by atoms with Crippen molar-refractivity contribution in [2.45, 2.75) is 0 Å². The Balaban J connectivity index is 1.46. The van der Waals surface area contributed by atoms with E-state index in [-0.39, 0.29) is 51.3 Å². The van der Waals surface area contributed by atoms with E-state index in [0.717, 1.165) is 32.7 Å². The molecule has 1 aromatic heterocycles. The molecule has 0 N–H and O–H groups in total. The Labute approximate surface area is 260 Å². The standard InChI is InChI=1S/C42H26O/c1-2-13-30-27(11-1)12-9-19-31(30)28-23-25-29(26-24-28)40-33-15-3-5-17-35(33)41(36-18-6-4-16-34(36)40)38-21-10-20-37-32-14-7-8-22-39(32)43-42(37)38/h1-26H/i3D,4D,5D,6D,15D,16D,17D,18D. The van der Waals surface area contributed by atoms with Crippen molar-refractivity contribution in [2.24, 2.45) is 0 Å². The Hall–Kier alpha value is -5.66. The van der Waals surface area contributed by atoms with Crippen LogP contribution in [0.1, 0.15) is 11.0 Å². The molecule has 1 nitrogen and oxygen atoms in total. The maximum atomic E-state index is 9.30. The molecule has 200 valence electrons. The van der Waals surface area contributed by atoms with Crippen LogP contribution in [0.5, 0.6) is 0 Å². The van der Waals surface area contributed by atoms with Crippen LogP contribution in [0.3, 0.4) is 0 Å². The van der Waals surface area contributed by atoms with Crippen LogP contribution in [-0.4, -0.2) is 0 Å². The fourth-order valence-corrected chi connectivity index (χ4v) is 6.42. The largest absolute Gasteiger partial charge is 0.455 e. The van der Waals surface area contributed by atoms with Gasteiger partial charge < -0.3 is 4.42 Å². The first-order valence-electron chi connectivity index (χ1n) is 18.1. The molecular weight excluding hydrogens is 520 g/mol. The Morgan fingerprint density at radius 3 is 1.67 bits per heavy atom. The van der Waals surface area contributed by atoms with Gasteiger partial charge in [-0.1, -0.05) is 151 Å². The topological polar surface area (TPSA) is 13.1 Å². The number of hydrogen-bond acceptors (Lipinski definition) is 1. The fraction of sp³-hybridized carbons (Fsp3) is 0. The van der Waals surface area contributed by atoms with Crippen molar-refractivity contribution >= 4 is 54.3 Å². The van der Waals surface area contributed by atoms with E-state index in [9.17, 15) is 5.48 Å². The van der Waals surface area contributed by atoms with E-state index in [1.54, 1.807) is 6.07 Å². The molecule has 1 heteroatoms. The third-order valence-corrected chi connectivity index (χ3v) is 8.32. The lowest BCUT2D eigenvalue weighted by Gasteiger charge is -2.18. The lowest BCUT2D eigenvalue weighted by atomic mass is 9.85. The number of furan rings is 1. The molecule has 0 aliphatic heterocycles. The highest BCUT2D eigenvalue weighted by Crippen LogP contribution is 2.46. The van der Waals surface area contributed by atoms with Gasteiger partial charge in [0, 0.05) is 21.9 Å². The van der Waals surface area contributed by atoms with Crippen molar-refractivity contribution in [3.05, 3.63) is 158 Å². The van der Waals surface area contributed by atoms with Crippen LogP contribution >= 0.6 is 0 Å². The minimum Gasteiger partial charge on any atom is -0.455 e. The second-order valence-corrected chi connectivity index (χ2v) is 10.6. The Kier molecular flexibility index (Phi) is 3.80. The average molecular weight is 555 g/mol. The molecule has 9 aromatic rings. The summed E-state index contributed by atoms with van der Waals surface area (Å²) in [5.74, 6) is 0. The zero-order valence-electron chi connectivity index (χ0n) is 30.8. The lowest BCUT2D eigenvalue weighted by Crippen LogP contribution is -1.91. The fourth-order valence-electron chi connectivity index (χ4n) is 6.42. The molecule has 0 radical (unpaired) electrons. The summed E-state index contributed by atoms with van der Waals surface area (Å²) in [6.07, 6.45) is 0. The number of benzene rings is 8. The van der Waals surface area contributed by atoms with E-state index in [4.69, 9.17) is 9.90 Å². The van der Waals surface area contributed by atoms with Crippen LogP contribution < -0.4 is 0 Å². The predicted octanol–water partition coefficient (Wildman–Crippen LogP) is 12.0. The van der Waals surface area contributed by atoms with Crippen LogP contribution in [0.15, 0.2) is 162 Å². The summed E-state index contributed by atoms with van der Waals surface area (Å²) in [6.45, 7) is 0. The van der Waals surface area contributed by atoms with Crippen molar-refractivity contribution in [1.82, 2.24) is 0 Å². The molecule has 0 fully saturated rings. The lowest BCUT2D eigenvalue weighted by molar-refractivity contribution is 0.670. The maximum Gasteiger partial charge on any atom is 0.143 e. The van der Waals surface area contributed by atoms with E-state index in [2.05, 4.69) is 18.2 Å². The smallest absolute Gasteiger partial charge is 0.143 e. The molecule has 0 unspecified atom stereocenters. The van der Waals surface area contributed by atoms with Crippen molar-refractivity contribution in [1.29, 1.82) is 0 Å². The second-order valence-electron chi connectivity index (χ2n) is 10.6. The molecular formula is C42H26O. The van der Waals surface area contributed by atoms with Gasteiger partial charge in [0.1, 0.15) is 11.2 Å². The first-order valence-corrected chi connectivity index (χ1v) is 14.1. The summed E-state index contributed by atoms with van der Waals surface area (Å²) in [4.78, 5) is 0. The highest BCUT2D eigenvalue weighted by molar-refractivity contribution is 6.24. The van der Waals surface area contributed by atoms with Gasteiger partial charge in [-0.2, -0.15) is 0 Å². The van der Waals surface area contributed by atoms with Crippen LogP contribution in [-0.2, 0) is 0 Å². The number of rotatable bonds is 3. The van der Waals surface area contributed by atoms with Crippen molar-refractivity contribution in [3.63, 3.8) is 0 Å². The highest BCUT2D eigenvalue weighted by Gasteiger charge is 2.20. The molecule has 8 aromatic carbocycles. The second kappa shape index (κ2) is 9.44. The molecule has 0 aliphatic rings. The molecule has 0 spiro atoms. The molecule has 9 rings (SSSR count). The summed E-state index contributed by atoms with van der Waals surface area (Å²) in [5.41, 5.74) is 4.62. The summed E-state index contributed by atoms with van der Waals surface area (Å²) >= 11 is 0. The van der Waals surface area contributed by atoms with Crippen molar-refractivity contribution < 1.29 is 15.4 Å². The van der Waals surface area contributed by atoms with Gasteiger partial charge in [0.25, 0.3) is 0 Å². The molecule has 0 saturated heterocycles. The quantitative estimate of drug-likeness (QED) is 0.198. The monoisotopic (exact) mass is 554 g/mol. The van der Waals surface area contributed by atoms with E-state index in [0.29, 0.717) is 27.9 Å². The average Bonchev–Trinajstić information content (AvgIpc) is 3.55. The molecule has 0 bridgehead atoms. The summed E-state index contributed by atoms with van der Waals surface area (Å²) in [5, 5.41) is 4.45. The number of hydrogen-bond donors (Lipinski definition) is 0. The molecule has 43 heavy (non-hydrogen) atoms. The molecule has 0 atom stereocenters. The minimum atomic E-state index is -0.442. The summed E-state index contributed by atoms with van der Waals surface area (Å²) in [7, 11) is 0. The van der Waals surface area contributed by atoms with Crippen molar-refractivity contribution in [2.75, 3.05) is 0 Å². The predicted molar refractivity (Wildman–Crippen MR) is 183 cm³/mol. The van der Waals surface area contributed by atoms with Gasteiger partial charge in [-0.25, -0.2) is 0 Å². The van der Waals surface area contributed by atoms with Gasteiger partial charge in [-0.3, -0.25) is 0 Å². The highest BCUT2D eigenvalue weighted by atomic mass is 16.3. The van der Waals surface area contributed by atoms with Gasteiger partial charge >= 0.3 is 0 Å². The van der Waals surface area contributed by atoms with Crippen LogP contribution in [0, 0.1) is 0 Å². The number of fused-ring (bicyclic) bond motifs is 6. The molecule has 0 saturated carbocycles. The first kappa shape index (κ1) is 17.3. The Bertz CT molecular complexity index is 2860. The van der Waals surface area contributed by atoms with E-state index in [1.807, 2.05) is 84.9 Å². The Morgan fingerprint density at radius 1 is 0.395 bits per heavy atom. The zero-order valence-corrected chi connectivity index (χ0v) is 22.8. The van der Waals surface area contributed by atoms with Gasteiger partial charge in [-0.05, 0) is 60.6 Å². The Morgan fingerprint density at radius 2 is 0.930 bits per heavy atom. The van der Waals surface area contributed by atoms with Crippen molar-refractivity contribution in [3.8, 4) is 33.4 Å². The maximum absolute atomic E-state index is 9.30. The van der Waals surface area contributed by atoms with E-state index >= 15 is 0 Å². The summed E-state index contributed by atoms with van der Waals surface area (Å²) < 4.78 is 78.5. The zero-order chi connectivity index (χ0) is 35.3. The van der Waals surface area contributed by atoms with Gasteiger partial charge in [-0.15, -0.1) is 0 Å². The molecule has 1 heterocycles. The summed E-state index contributed by atoms with van der Waals surface area (Å²) in [6, 6.07) is 31.9. The minimum absolute atomic E-state index is 0.152. The van der Waals surface area contributed by atoms with Gasteiger partial charge in [0.2, 0.25) is 0 Å². The van der Waals surface area contributed by atoms with Crippen LogP contribution in [0.2, 0.25) is 0 Å². The van der Waals surface area contributed by atoms with E-state index < -0.39 is 24.2 Å². The first-order chi connectivity index (χ1) is 24.7. The molecule has 0 amide bonds. The SMILES string of the molecule is [2H]c1c([2H])c([2H])c2c(-c3cccc4c3oc3ccccc34)c3c([2H])c([2H])c([2H])c([2H])c3c(-c3ccc(-c4cccc5ccccc45)cc3)c2c1[2H]. The third-order valence-electron chi connectivity index (χ3n) is 8.32.